The van der Waals surface area contributed by atoms with Crippen LogP contribution in [0.3, 0.4) is 0 Å². The summed E-state index contributed by atoms with van der Waals surface area (Å²) in [5, 5.41) is 6.56. The van der Waals surface area contributed by atoms with E-state index in [0.29, 0.717) is 30.0 Å². The maximum atomic E-state index is 12.7. The number of pyridine rings is 1. The van der Waals surface area contributed by atoms with E-state index in [2.05, 4.69) is 38.9 Å². The van der Waals surface area contributed by atoms with Gasteiger partial charge in [0.1, 0.15) is 18.3 Å². The lowest BCUT2D eigenvalue weighted by Gasteiger charge is -2.22. The van der Waals surface area contributed by atoms with Crippen LogP contribution in [0.25, 0.3) is 11.2 Å². The standard InChI is InChI=1S/C22H26N8O2/c1-4-30-14(2)17(11-26-30)19-27-18-20(28(19)3)24-13-25-21(18)32-16-7-9-29(12-16)22(31)15-6-5-8-23-10-15/h5-6,8,10-11,13-14,16-17H,4,7,9,12H2,1-3H3. The number of hydrogen-bond acceptors (Lipinski definition) is 8. The van der Waals surface area contributed by atoms with Crippen molar-refractivity contribution in [2.75, 3.05) is 19.6 Å². The zero-order chi connectivity index (χ0) is 22.2. The van der Waals surface area contributed by atoms with Gasteiger partial charge < -0.3 is 14.2 Å². The number of aryl methyl sites for hydroxylation is 1. The van der Waals surface area contributed by atoms with Gasteiger partial charge in [0.15, 0.2) is 11.2 Å². The van der Waals surface area contributed by atoms with Gasteiger partial charge in [0.2, 0.25) is 5.88 Å². The van der Waals surface area contributed by atoms with Crippen LogP contribution in [0.2, 0.25) is 0 Å². The van der Waals surface area contributed by atoms with E-state index < -0.39 is 0 Å². The van der Waals surface area contributed by atoms with Gasteiger partial charge in [-0.1, -0.05) is 0 Å². The third-order valence-corrected chi connectivity index (χ3v) is 6.26. The Morgan fingerprint density at radius 1 is 1.31 bits per heavy atom. The quantitative estimate of drug-likeness (QED) is 0.604. The van der Waals surface area contributed by atoms with Crippen molar-refractivity contribution in [3.8, 4) is 5.88 Å². The van der Waals surface area contributed by atoms with Crippen LogP contribution in [0.4, 0.5) is 0 Å². The Kier molecular flexibility index (Phi) is 5.20. The van der Waals surface area contributed by atoms with Gasteiger partial charge in [0, 0.05) is 45.2 Å². The number of carbonyl (C=O) groups excluding carboxylic acids is 1. The summed E-state index contributed by atoms with van der Waals surface area (Å²) in [6.45, 7) is 6.21. The maximum Gasteiger partial charge on any atom is 0.255 e. The second-order valence-electron chi connectivity index (χ2n) is 8.19. The van der Waals surface area contributed by atoms with Crippen LogP contribution in [0.1, 0.15) is 42.4 Å². The Labute approximate surface area is 185 Å². The normalized spacial score (nSPS) is 22.8. The number of fused-ring (bicyclic) bond motifs is 1. The fraction of sp³-hybridized carbons (Fsp3) is 0.455. The van der Waals surface area contributed by atoms with E-state index >= 15 is 0 Å². The molecule has 3 atom stereocenters. The van der Waals surface area contributed by atoms with Crippen LogP contribution in [-0.2, 0) is 7.05 Å². The van der Waals surface area contributed by atoms with E-state index in [4.69, 9.17) is 9.72 Å². The Morgan fingerprint density at radius 2 is 2.19 bits per heavy atom. The maximum absolute atomic E-state index is 12.7. The largest absolute Gasteiger partial charge is 0.471 e. The summed E-state index contributed by atoms with van der Waals surface area (Å²) in [7, 11) is 1.96. The number of ether oxygens (including phenoxy) is 1. The lowest BCUT2D eigenvalue weighted by Crippen LogP contribution is -2.31. The highest BCUT2D eigenvalue weighted by Crippen LogP contribution is 2.31. The van der Waals surface area contributed by atoms with Crippen molar-refractivity contribution in [3.05, 3.63) is 42.2 Å². The number of imidazole rings is 1. The van der Waals surface area contributed by atoms with Crippen LogP contribution in [-0.4, -0.2) is 78.3 Å². The summed E-state index contributed by atoms with van der Waals surface area (Å²) in [6, 6.07) is 3.76. The molecule has 1 amide bonds. The van der Waals surface area contributed by atoms with E-state index in [-0.39, 0.29) is 24.0 Å². The topological polar surface area (TPSA) is 102 Å². The first-order valence-electron chi connectivity index (χ1n) is 10.9. The van der Waals surface area contributed by atoms with Crippen LogP contribution in [0.5, 0.6) is 5.88 Å². The monoisotopic (exact) mass is 434 g/mol. The van der Waals surface area contributed by atoms with Crippen molar-refractivity contribution < 1.29 is 9.53 Å². The summed E-state index contributed by atoms with van der Waals surface area (Å²) >= 11 is 0. The van der Waals surface area contributed by atoms with E-state index in [9.17, 15) is 4.79 Å². The highest BCUT2D eigenvalue weighted by Gasteiger charge is 2.33. The zero-order valence-corrected chi connectivity index (χ0v) is 18.4. The van der Waals surface area contributed by atoms with Crippen LogP contribution >= 0.6 is 0 Å². The average Bonchev–Trinajstić information content (AvgIpc) is 3.52. The molecule has 3 aromatic rings. The first-order chi connectivity index (χ1) is 15.6. The highest BCUT2D eigenvalue weighted by molar-refractivity contribution is 5.94. The van der Waals surface area contributed by atoms with Crippen molar-refractivity contribution in [1.29, 1.82) is 0 Å². The molecule has 10 heteroatoms. The van der Waals surface area contributed by atoms with Crippen molar-refractivity contribution in [1.82, 2.24) is 34.4 Å². The molecule has 3 unspecified atom stereocenters. The van der Waals surface area contributed by atoms with Gasteiger partial charge in [0.25, 0.3) is 5.91 Å². The molecule has 1 saturated heterocycles. The molecular formula is C22H26N8O2. The van der Waals surface area contributed by atoms with Crippen molar-refractivity contribution >= 4 is 23.3 Å². The second kappa shape index (κ2) is 8.18. The summed E-state index contributed by atoms with van der Waals surface area (Å²) in [5.41, 5.74) is 1.94. The van der Waals surface area contributed by atoms with Gasteiger partial charge in [-0.15, -0.1) is 0 Å². The van der Waals surface area contributed by atoms with Crippen molar-refractivity contribution in [3.63, 3.8) is 0 Å². The van der Waals surface area contributed by atoms with E-state index in [1.807, 2.05) is 17.8 Å². The van der Waals surface area contributed by atoms with Gasteiger partial charge in [-0.3, -0.25) is 14.8 Å². The number of likely N-dealkylation sites (tertiary alicyclic amines) is 1. The van der Waals surface area contributed by atoms with Gasteiger partial charge in [-0.05, 0) is 26.0 Å². The van der Waals surface area contributed by atoms with Crippen molar-refractivity contribution in [2.45, 2.75) is 38.3 Å². The summed E-state index contributed by atoms with van der Waals surface area (Å²) < 4.78 is 8.21. The minimum absolute atomic E-state index is 0.0351. The first-order valence-corrected chi connectivity index (χ1v) is 10.9. The summed E-state index contributed by atoms with van der Waals surface area (Å²) in [4.78, 5) is 32.2. The number of rotatable bonds is 5. The molecule has 0 aliphatic carbocycles. The Hall–Kier alpha value is -3.56. The fourth-order valence-electron chi connectivity index (χ4n) is 4.44. The second-order valence-corrected chi connectivity index (χ2v) is 8.19. The molecule has 0 aromatic carbocycles. The molecular weight excluding hydrogens is 408 g/mol. The highest BCUT2D eigenvalue weighted by atomic mass is 16.5. The minimum atomic E-state index is -0.151. The summed E-state index contributed by atoms with van der Waals surface area (Å²) in [6.07, 6.45) is 7.28. The SMILES string of the molecule is CCN1N=CC(c2nc3c(OC4CCN(C(=O)c5cccnc5)C4)ncnc3n2C)C1C. The molecule has 0 N–H and O–H groups in total. The molecule has 166 valence electrons. The van der Waals surface area contributed by atoms with Crippen LogP contribution in [0.15, 0.2) is 36.0 Å². The van der Waals surface area contributed by atoms with E-state index in [1.165, 1.54) is 6.33 Å². The predicted octanol–water partition coefficient (Wildman–Crippen LogP) is 1.85. The first kappa shape index (κ1) is 20.3. The number of hydrazone groups is 1. The fourth-order valence-corrected chi connectivity index (χ4v) is 4.44. The van der Waals surface area contributed by atoms with Crippen LogP contribution in [0, 0.1) is 0 Å². The minimum Gasteiger partial charge on any atom is -0.471 e. The molecule has 5 rings (SSSR count). The number of aromatic nitrogens is 5. The Bertz CT molecular complexity index is 1160. The molecule has 0 saturated carbocycles. The van der Waals surface area contributed by atoms with Gasteiger partial charge in [0.05, 0.1) is 24.1 Å². The lowest BCUT2D eigenvalue weighted by atomic mass is 10.0. The van der Waals surface area contributed by atoms with Crippen LogP contribution < -0.4 is 4.74 Å². The molecule has 0 radical (unpaired) electrons. The number of likely N-dealkylation sites (N-methyl/N-ethyl adjacent to an activating group) is 1. The molecule has 0 spiro atoms. The van der Waals surface area contributed by atoms with E-state index in [1.54, 1.807) is 29.4 Å². The molecule has 2 aliphatic heterocycles. The number of carbonyl (C=O) groups is 1. The number of nitrogens with zero attached hydrogens (tertiary/aromatic N) is 8. The molecule has 3 aromatic heterocycles. The lowest BCUT2D eigenvalue weighted by molar-refractivity contribution is 0.0771. The Balaban J connectivity index is 1.35. The Morgan fingerprint density at radius 3 is 2.94 bits per heavy atom. The molecule has 1 fully saturated rings. The van der Waals surface area contributed by atoms with Gasteiger partial charge in [-0.2, -0.15) is 10.1 Å². The third kappa shape index (κ3) is 3.45. The number of hydrogen-bond donors (Lipinski definition) is 0. The smallest absolute Gasteiger partial charge is 0.255 e. The zero-order valence-electron chi connectivity index (χ0n) is 18.4. The molecule has 10 nitrogen and oxygen atoms in total. The third-order valence-electron chi connectivity index (χ3n) is 6.26. The van der Waals surface area contributed by atoms with Crippen molar-refractivity contribution in [2.24, 2.45) is 12.1 Å². The molecule has 32 heavy (non-hydrogen) atoms. The van der Waals surface area contributed by atoms with Gasteiger partial charge in [-0.25, -0.2) is 9.97 Å². The average molecular weight is 435 g/mol. The molecule has 2 aliphatic rings. The van der Waals surface area contributed by atoms with Gasteiger partial charge >= 0.3 is 0 Å². The molecule has 5 heterocycles. The molecule has 0 bridgehead atoms. The predicted molar refractivity (Wildman–Crippen MR) is 119 cm³/mol. The number of amides is 1. The summed E-state index contributed by atoms with van der Waals surface area (Å²) in [5.74, 6) is 1.37. The van der Waals surface area contributed by atoms with E-state index in [0.717, 1.165) is 24.4 Å².